The van der Waals surface area contributed by atoms with Crippen molar-refractivity contribution in [3.8, 4) is 5.75 Å². The summed E-state index contributed by atoms with van der Waals surface area (Å²) < 4.78 is 38.7. The first kappa shape index (κ1) is 32.4. The molecular weight excluding hydrogens is 542 g/mol. The number of unbranched alkanes of at least 4 members (excludes halogenated alkanes) is 1. The molecule has 2 N–H and O–H groups in total. The van der Waals surface area contributed by atoms with E-state index in [1.54, 1.807) is 42.5 Å². The number of nitrogens with zero attached hydrogens (tertiary/aromatic N) is 2. The number of aliphatic hydroxyl groups excluding tert-OH is 2. The number of ether oxygens (including phenoxy) is 2. The molecule has 0 unspecified atom stereocenters. The molecule has 1 fully saturated rings. The number of carbonyl (C=O) groups is 1. The predicted octanol–water partition coefficient (Wildman–Crippen LogP) is 3.06. The van der Waals surface area contributed by atoms with Gasteiger partial charge in [-0.15, -0.1) is 20.2 Å². The summed E-state index contributed by atoms with van der Waals surface area (Å²) in [7, 11) is 0. The largest absolute Gasteiger partial charge is 0.487 e. The molecule has 0 radical (unpaired) electrons. The maximum absolute atomic E-state index is 14.3. The molecule has 0 bridgehead atoms. The number of benzene rings is 1. The first-order valence-corrected chi connectivity index (χ1v) is 12.5. The summed E-state index contributed by atoms with van der Waals surface area (Å²) >= 11 is 0. The number of hydrogen-bond donors (Lipinski definition) is 2. The zero-order chi connectivity index (χ0) is 29.5. The molecule has 40 heavy (non-hydrogen) atoms. The number of allylic oxidation sites excluding steroid dienone is 2. The van der Waals surface area contributed by atoms with Crippen molar-refractivity contribution in [2.45, 2.75) is 56.3 Å². The van der Waals surface area contributed by atoms with Gasteiger partial charge in [0.25, 0.3) is 16.1 Å². The first-order chi connectivity index (χ1) is 19.0. The number of aliphatic hydroxyl groups is 2. The van der Waals surface area contributed by atoms with Crippen molar-refractivity contribution in [3.05, 3.63) is 74.9 Å². The van der Waals surface area contributed by atoms with E-state index in [2.05, 4.69) is 9.68 Å². The van der Waals surface area contributed by atoms with Gasteiger partial charge < -0.3 is 29.4 Å². The summed E-state index contributed by atoms with van der Waals surface area (Å²) in [5, 5.41) is 38.9. The molecule has 0 aromatic heterocycles. The van der Waals surface area contributed by atoms with Crippen LogP contribution < -0.4 is 4.74 Å². The van der Waals surface area contributed by atoms with E-state index in [0.717, 1.165) is 0 Å². The maximum atomic E-state index is 14.3. The quantitative estimate of drug-likeness (QED) is 0.0864. The van der Waals surface area contributed by atoms with Crippen LogP contribution in [0.1, 0.15) is 32.1 Å². The Hall–Kier alpha value is -3.85. The molecule has 0 amide bonds. The minimum atomic E-state index is -3.29. The number of rotatable bonds is 18. The molecule has 0 spiro atoms. The highest BCUT2D eigenvalue weighted by molar-refractivity contribution is 5.69. The monoisotopic (exact) mass is 574 g/mol. The smallest absolute Gasteiger partial charge is 0.306 e. The highest BCUT2D eigenvalue weighted by Crippen LogP contribution is 2.37. The van der Waals surface area contributed by atoms with Gasteiger partial charge in [0, 0.05) is 18.8 Å². The Balaban J connectivity index is 1.79. The first-order valence-electron chi connectivity index (χ1n) is 12.5. The number of alkyl halides is 2. The predicted molar refractivity (Wildman–Crippen MR) is 133 cm³/mol. The lowest BCUT2D eigenvalue weighted by molar-refractivity contribution is -0.768. The number of hydrogen-bond acceptors (Lipinski definition) is 11. The lowest BCUT2D eigenvalue weighted by Gasteiger charge is -2.20. The Morgan fingerprint density at radius 3 is 2.35 bits per heavy atom. The van der Waals surface area contributed by atoms with Crippen molar-refractivity contribution in [2.75, 3.05) is 19.8 Å². The molecule has 0 aliphatic heterocycles. The molecule has 4 atom stereocenters. The van der Waals surface area contributed by atoms with Gasteiger partial charge in [0.15, 0.2) is 6.61 Å². The molecule has 1 saturated carbocycles. The lowest BCUT2D eigenvalue weighted by atomic mass is 9.89. The molecular formula is C25H32F2N2O11. The molecule has 222 valence electrons. The number of halogens is 2. The second kappa shape index (κ2) is 16.3. The van der Waals surface area contributed by atoms with E-state index >= 15 is 0 Å². The molecule has 0 saturated heterocycles. The van der Waals surface area contributed by atoms with Crippen LogP contribution in [0.4, 0.5) is 8.78 Å². The summed E-state index contributed by atoms with van der Waals surface area (Å²) in [6, 6.07) is 8.17. The summed E-state index contributed by atoms with van der Waals surface area (Å²) in [5.41, 5.74) is 0. The van der Waals surface area contributed by atoms with Gasteiger partial charge >= 0.3 is 5.97 Å². The van der Waals surface area contributed by atoms with Gasteiger partial charge in [0.1, 0.15) is 25.1 Å². The van der Waals surface area contributed by atoms with E-state index < -0.39 is 72.0 Å². The fourth-order valence-electron chi connectivity index (χ4n) is 4.09. The molecule has 1 aliphatic carbocycles. The van der Waals surface area contributed by atoms with Crippen LogP contribution in [0.5, 0.6) is 5.75 Å². The summed E-state index contributed by atoms with van der Waals surface area (Å²) in [5.74, 6) is -4.95. The topological polar surface area (TPSA) is 181 Å². The van der Waals surface area contributed by atoms with E-state index in [1.807, 2.05) is 0 Å². The van der Waals surface area contributed by atoms with Gasteiger partial charge in [-0.2, -0.15) is 8.78 Å². The summed E-state index contributed by atoms with van der Waals surface area (Å²) in [4.78, 5) is 40.7. The fourth-order valence-corrected chi connectivity index (χ4v) is 4.09. The van der Waals surface area contributed by atoms with E-state index in [4.69, 9.17) is 9.47 Å². The van der Waals surface area contributed by atoms with E-state index in [0.29, 0.717) is 31.1 Å². The van der Waals surface area contributed by atoms with Crippen LogP contribution in [0.25, 0.3) is 0 Å². The molecule has 1 aromatic rings. The van der Waals surface area contributed by atoms with Crippen molar-refractivity contribution < 1.29 is 53.1 Å². The average Bonchev–Trinajstić information content (AvgIpc) is 3.17. The van der Waals surface area contributed by atoms with E-state index in [1.165, 1.54) is 6.08 Å². The number of carbonyl (C=O) groups excluding carboxylic acids is 1. The molecule has 0 heterocycles. The average molecular weight is 575 g/mol. The lowest BCUT2D eigenvalue weighted by Crippen LogP contribution is -2.30. The van der Waals surface area contributed by atoms with Gasteiger partial charge in [-0.1, -0.05) is 36.4 Å². The third-order valence-corrected chi connectivity index (χ3v) is 6.01. The van der Waals surface area contributed by atoms with Crippen LogP contribution in [-0.2, 0) is 19.2 Å². The SMILES string of the molecule is O=C(CCC/C=C\C[C@@H]1[C@@H](/C=C/C(F)(F)COc2ccccc2)[C@H](O)C[C@@H]1O)OC(CO[N+](=O)[O-])CO[N+](=O)[O-]. The van der Waals surface area contributed by atoms with Crippen LogP contribution in [0.3, 0.4) is 0 Å². The fraction of sp³-hybridized carbons (Fsp3) is 0.560. The van der Waals surface area contributed by atoms with E-state index in [-0.39, 0.29) is 12.8 Å². The minimum absolute atomic E-state index is 0.0485. The maximum Gasteiger partial charge on any atom is 0.306 e. The molecule has 2 rings (SSSR count). The van der Waals surface area contributed by atoms with Gasteiger partial charge in [-0.05, 0) is 43.4 Å². The van der Waals surface area contributed by atoms with Crippen LogP contribution in [0, 0.1) is 32.1 Å². The number of esters is 1. The Labute approximate surface area is 228 Å². The highest BCUT2D eigenvalue weighted by atomic mass is 19.3. The molecule has 15 heteroatoms. The molecule has 1 aromatic carbocycles. The van der Waals surface area contributed by atoms with Crippen molar-refractivity contribution in [3.63, 3.8) is 0 Å². The highest BCUT2D eigenvalue weighted by Gasteiger charge is 2.40. The second-order valence-corrected chi connectivity index (χ2v) is 9.08. The van der Waals surface area contributed by atoms with E-state index in [9.17, 15) is 44.0 Å². The Bertz CT molecular complexity index is 992. The number of para-hydroxylation sites is 1. The van der Waals surface area contributed by atoms with Crippen LogP contribution in [0.15, 0.2) is 54.6 Å². The van der Waals surface area contributed by atoms with Crippen LogP contribution in [-0.4, -0.2) is 70.4 Å². The Morgan fingerprint density at radius 2 is 1.73 bits per heavy atom. The molecule has 1 aliphatic rings. The zero-order valence-electron chi connectivity index (χ0n) is 21.5. The normalized spacial score (nSPS) is 21.1. The Kier molecular flexibility index (Phi) is 13.2. The third-order valence-electron chi connectivity index (χ3n) is 6.01. The molecule has 13 nitrogen and oxygen atoms in total. The van der Waals surface area contributed by atoms with Gasteiger partial charge in [0.05, 0.1) is 12.2 Å². The third kappa shape index (κ3) is 12.3. The summed E-state index contributed by atoms with van der Waals surface area (Å²) in [6.45, 7) is -2.34. The van der Waals surface area contributed by atoms with Gasteiger partial charge in [0.2, 0.25) is 0 Å². The van der Waals surface area contributed by atoms with Crippen molar-refractivity contribution in [1.29, 1.82) is 0 Å². The Morgan fingerprint density at radius 1 is 1.07 bits per heavy atom. The van der Waals surface area contributed by atoms with Gasteiger partial charge in [-0.3, -0.25) is 4.79 Å². The van der Waals surface area contributed by atoms with Gasteiger partial charge in [-0.25, -0.2) is 0 Å². The second-order valence-electron chi connectivity index (χ2n) is 9.08. The van der Waals surface area contributed by atoms with Crippen LogP contribution >= 0.6 is 0 Å². The standard InChI is InChI=1S/C25H32F2N2O11/c26-25(27,17-37-18-8-4-3-5-9-18)13-12-21-20(22(30)14-23(21)31)10-6-1-2-7-11-24(32)40-19(15-38-28(33)34)16-39-29(35)36/h1,3-6,8-9,12-13,19-23,30-31H,2,7,10-11,14-17H2/b6-1-,13-12+/t20-,21-,22+,23-/m1/s1. The minimum Gasteiger partial charge on any atom is -0.487 e. The summed E-state index contributed by atoms with van der Waals surface area (Å²) in [6.07, 6.45) is 3.05. The van der Waals surface area contributed by atoms with Crippen molar-refractivity contribution >= 4 is 5.97 Å². The van der Waals surface area contributed by atoms with Crippen LogP contribution in [0.2, 0.25) is 0 Å². The van der Waals surface area contributed by atoms with Crippen molar-refractivity contribution in [1.82, 2.24) is 0 Å². The zero-order valence-corrected chi connectivity index (χ0v) is 21.5. The van der Waals surface area contributed by atoms with Crippen molar-refractivity contribution in [2.24, 2.45) is 11.8 Å².